The van der Waals surface area contributed by atoms with E-state index in [0.29, 0.717) is 13.0 Å². The molecular weight excluding hydrogens is 199 g/mol. The van der Waals surface area contributed by atoms with Gasteiger partial charge in [0, 0.05) is 19.4 Å². The lowest BCUT2D eigenvalue weighted by Crippen LogP contribution is -2.32. The van der Waals surface area contributed by atoms with Crippen molar-refractivity contribution in [3.05, 3.63) is 0 Å². The van der Waals surface area contributed by atoms with Gasteiger partial charge in [-0.15, -0.1) is 9.24 Å². The summed E-state index contributed by atoms with van der Waals surface area (Å²) in [5, 5.41) is 0. The van der Waals surface area contributed by atoms with Gasteiger partial charge >= 0.3 is 5.97 Å². The molecule has 1 aliphatic rings. The summed E-state index contributed by atoms with van der Waals surface area (Å²) in [5.41, 5.74) is 0. The molecule has 1 saturated heterocycles. The van der Waals surface area contributed by atoms with Gasteiger partial charge in [-0.25, -0.2) is 0 Å². The van der Waals surface area contributed by atoms with Crippen molar-refractivity contribution in [2.45, 2.75) is 44.8 Å². The van der Waals surface area contributed by atoms with Crippen LogP contribution in [0, 0.1) is 0 Å². The Morgan fingerprint density at radius 1 is 1.57 bits per heavy atom. The van der Waals surface area contributed by atoms with Crippen molar-refractivity contribution in [2.24, 2.45) is 0 Å². The van der Waals surface area contributed by atoms with Crippen LogP contribution < -0.4 is 0 Å². The molecule has 0 radical (unpaired) electrons. The Kier molecular flexibility index (Phi) is 4.83. The van der Waals surface area contributed by atoms with E-state index in [0.717, 1.165) is 31.8 Å². The second kappa shape index (κ2) is 5.67. The van der Waals surface area contributed by atoms with Gasteiger partial charge < -0.3 is 9.47 Å². The smallest absolute Gasteiger partial charge is 0.308 e. The lowest BCUT2D eigenvalue weighted by molar-refractivity contribution is -0.213. The van der Waals surface area contributed by atoms with Crippen LogP contribution in [-0.2, 0) is 14.3 Å². The molecule has 2 unspecified atom stereocenters. The Morgan fingerprint density at radius 3 is 2.86 bits per heavy atom. The van der Waals surface area contributed by atoms with Gasteiger partial charge in [0.25, 0.3) is 0 Å². The standard InChI is InChI=1S/C10H19O3P/c1-2-12-10(6-3-4-8-14)7-5-9(11)13-10/h2-8,14H2,1H3. The molecule has 3 nitrogen and oxygen atoms in total. The maximum atomic E-state index is 11.1. The van der Waals surface area contributed by atoms with E-state index in [9.17, 15) is 4.79 Å². The first-order chi connectivity index (χ1) is 6.72. The van der Waals surface area contributed by atoms with Crippen LogP contribution in [0.4, 0.5) is 0 Å². The zero-order valence-electron chi connectivity index (χ0n) is 8.75. The van der Waals surface area contributed by atoms with E-state index in [1.165, 1.54) is 0 Å². The van der Waals surface area contributed by atoms with E-state index in [-0.39, 0.29) is 5.97 Å². The highest BCUT2D eigenvalue weighted by molar-refractivity contribution is 7.16. The molecule has 0 spiro atoms. The zero-order valence-corrected chi connectivity index (χ0v) is 9.91. The topological polar surface area (TPSA) is 35.5 Å². The molecule has 4 heteroatoms. The minimum Gasteiger partial charge on any atom is -0.433 e. The monoisotopic (exact) mass is 218 g/mol. The maximum absolute atomic E-state index is 11.1. The van der Waals surface area contributed by atoms with Crippen molar-refractivity contribution < 1.29 is 14.3 Å². The van der Waals surface area contributed by atoms with Crippen molar-refractivity contribution in [3.8, 4) is 0 Å². The number of rotatable bonds is 6. The fourth-order valence-corrected chi connectivity index (χ4v) is 2.04. The van der Waals surface area contributed by atoms with E-state index < -0.39 is 5.79 Å². The Labute approximate surface area is 87.7 Å². The summed E-state index contributed by atoms with van der Waals surface area (Å²) in [4.78, 5) is 11.1. The molecule has 0 amide bonds. The Balaban J connectivity index is 2.41. The molecule has 0 aromatic carbocycles. The lowest BCUT2D eigenvalue weighted by Gasteiger charge is -2.27. The number of hydrogen-bond donors (Lipinski definition) is 0. The number of cyclic esters (lactones) is 1. The fraction of sp³-hybridized carbons (Fsp3) is 0.900. The third kappa shape index (κ3) is 3.21. The quantitative estimate of drug-likeness (QED) is 0.389. The molecule has 0 aliphatic carbocycles. The minimum absolute atomic E-state index is 0.121. The molecule has 1 aliphatic heterocycles. The predicted octanol–water partition coefficient (Wildman–Crippen LogP) is 2.10. The van der Waals surface area contributed by atoms with Crippen molar-refractivity contribution in [2.75, 3.05) is 12.8 Å². The van der Waals surface area contributed by atoms with Crippen LogP contribution in [0.1, 0.15) is 39.0 Å². The second-order valence-electron chi connectivity index (χ2n) is 3.56. The predicted molar refractivity (Wildman–Crippen MR) is 58.1 cm³/mol. The largest absolute Gasteiger partial charge is 0.433 e. The highest BCUT2D eigenvalue weighted by Gasteiger charge is 2.40. The maximum Gasteiger partial charge on any atom is 0.308 e. The van der Waals surface area contributed by atoms with Crippen molar-refractivity contribution in [3.63, 3.8) is 0 Å². The van der Waals surface area contributed by atoms with Gasteiger partial charge in [0.1, 0.15) is 0 Å². The number of hydrogen-bond acceptors (Lipinski definition) is 3. The first-order valence-electron chi connectivity index (χ1n) is 5.28. The van der Waals surface area contributed by atoms with Crippen LogP contribution in [0.15, 0.2) is 0 Å². The summed E-state index contributed by atoms with van der Waals surface area (Å²) in [7, 11) is 2.70. The number of esters is 1. The van der Waals surface area contributed by atoms with E-state index in [1.54, 1.807) is 0 Å². The van der Waals surface area contributed by atoms with Gasteiger partial charge in [0.15, 0.2) is 0 Å². The molecule has 0 aromatic heterocycles. The van der Waals surface area contributed by atoms with Gasteiger partial charge in [-0.05, 0) is 25.9 Å². The summed E-state index contributed by atoms with van der Waals surface area (Å²) in [6.45, 7) is 2.54. The summed E-state index contributed by atoms with van der Waals surface area (Å²) < 4.78 is 10.8. The van der Waals surface area contributed by atoms with E-state index >= 15 is 0 Å². The highest BCUT2D eigenvalue weighted by atomic mass is 31.0. The summed E-state index contributed by atoms with van der Waals surface area (Å²) >= 11 is 0. The van der Waals surface area contributed by atoms with Gasteiger partial charge in [0.2, 0.25) is 5.79 Å². The molecule has 0 bridgehead atoms. The molecule has 0 aromatic rings. The van der Waals surface area contributed by atoms with Crippen molar-refractivity contribution >= 4 is 15.2 Å². The van der Waals surface area contributed by atoms with Crippen LogP contribution in [-0.4, -0.2) is 24.5 Å². The molecule has 14 heavy (non-hydrogen) atoms. The van der Waals surface area contributed by atoms with Crippen LogP contribution in [0.3, 0.4) is 0 Å². The third-order valence-corrected chi connectivity index (χ3v) is 2.84. The molecule has 1 heterocycles. The van der Waals surface area contributed by atoms with Crippen LogP contribution in [0.5, 0.6) is 0 Å². The zero-order chi connectivity index (χ0) is 10.4. The minimum atomic E-state index is -0.592. The molecule has 0 N–H and O–H groups in total. The summed E-state index contributed by atoms with van der Waals surface area (Å²) in [5.74, 6) is -0.713. The van der Waals surface area contributed by atoms with E-state index in [4.69, 9.17) is 9.47 Å². The van der Waals surface area contributed by atoms with Crippen molar-refractivity contribution in [1.29, 1.82) is 0 Å². The Hall–Kier alpha value is -0.140. The van der Waals surface area contributed by atoms with Crippen molar-refractivity contribution in [1.82, 2.24) is 0 Å². The lowest BCUT2D eigenvalue weighted by atomic mass is 10.1. The van der Waals surface area contributed by atoms with Crippen LogP contribution in [0.2, 0.25) is 0 Å². The summed E-state index contributed by atoms with van der Waals surface area (Å²) in [6, 6.07) is 0. The van der Waals surface area contributed by atoms with Gasteiger partial charge in [0.05, 0.1) is 6.42 Å². The molecule has 2 atom stereocenters. The highest BCUT2D eigenvalue weighted by Crippen LogP contribution is 2.32. The number of ether oxygens (including phenoxy) is 2. The van der Waals surface area contributed by atoms with Crippen LogP contribution >= 0.6 is 9.24 Å². The van der Waals surface area contributed by atoms with Gasteiger partial charge in [-0.3, -0.25) is 4.79 Å². The number of carbonyl (C=O) groups is 1. The first-order valence-corrected chi connectivity index (χ1v) is 6.10. The molecule has 0 saturated carbocycles. The van der Waals surface area contributed by atoms with E-state index in [1.807, 2.05) is 6.92 Å². The van der Waals surface area contributed by atoms with E-state index in [2.05, 4.69) is 9.24 Å². The summed E-state index contributed by atoms with van der Waals surface area (Å²) in [6.07, 6.45) is 5.34. The third-order valence-electron chi connectivity index (χ3n) is 2.43. The molecular formula is C10H19O3P. The normalized spacial score (nSPS) is 26.6. The Morgan fingerprint density at radius 2 is 2.36 bits per heavy atom. The SMILES string of the molecule is CCOC1(CCCCP)CCC(=O)O1. The molecule has 82 valence electrons. The molecule has 1 fully saturated rings. The fourth-order valence-electron chi connectivity index (χ4n) is 1.75. The van der Waals surface area contributed by atoms with Gasteiger partial charge in [-0.1, -0.05) is 0 Å². The average Bonchev–Trinajstić information content (AvgIpc) is 2.49. The molecule has 1 rings (SSSR count). The number of unbranched alkanes of at least 4 members (excludes halogenated alkanes) is 1. The second-order valence-corrected chi connectivity index (χ2v) is 4.14. The van der Waals surface area contributed by atoms with Gasteiger partial charge in [-0.2, -0.15) is 0 Å². The number of carbonyl (C=O) groups excluding carboxylic acids is 1. The van der Waals surface area contributed by atoms with Crippen LogP contribution in [0.25, 0.3) is 0 Å². The average molecular weight is 218 g/mol. The Bertz CT molecular complexity index is 196. The first kappa shape index (κ1) is 11.9.